The van der Waals surface area contributed by atoms with Gasteiger partial charge in [-0.3, -0.25) is 0 Å². The van der Waals surface area contributed by atoms with E-state index in [2.05, 4.69) is 319 Å². The van der Waals surface area contributed by atoms with Crippen LogP contribution in [0.25, 0.3) is 119 Å². The quantitative estimate of drug-likeness (QED) is 0.105. The lowest BCUT2D eigenvalue weighted by Gasteiger charge is -2.23. The number of benzene rings is 15. The predicted octanol–water partition coefficient (Wildman–Crippen LogP) is 23.4. The van der Waals surface area contributed by atoms with Crippen molar-refractivity contribution in [1.82, 2.24) is 0 Å². The van der Waals surface area contributed by atoms with Crippen molar-refractivity contribution < 1.29 is 10.0 Å². The number of halogens is 2. The van der Waals surface area contributed by atoms with Crippen LogP contribution in [0.5, 0.6) is 0 Å². The van der Waals surface area contributed by atoms with E-state index in [0.29, 0.717) is 5.46 Å². The first kappa shape index (κ1) is 60.7. The van der Waals surface area contributed by atoms with E-state index in [4.69, 9.17) is 10.0 Å². The summed E-state index contributed by atoms with van der Waals surface area (Å²) in [5.74, 6) is 0. The zero-order chi connectivity index (χ0) is 62.4. The average molecular weight is 1280 g/mol. The van der Waals surface area contributed by atoms with Gasteiger partial charge >= 0.3 is 7.12 Å². The van der Waals surface area contributed by atoms with Gasteiger partial charge in [0.25, 0.3) is 0 Å². The van der Waals surface area contributed by atoms with E-state index in [0.717, 1.165) is 19.7 Å². The van der Waals surface area contributed by atoms with Crippen LogP contribution in [0.15, 0.2) is 276 Å². The Kier molecular flexibility index (Phi) is 16.9. The van der Waals surface area contributed by atoms with E-state index in [1.807, 2.05) is 30.3 Å². The molecule has 15 aromatic rings. The van der Waals surface area contributed by atoms with Crippen molar-refractivity contribution in [2.24, 2.45) is 0 Å². The zero-order valence-electron chi connectivity index (χ0n) is 51.8. The fraction of sp³-hybridized carbons (Fsp3) is 0.131. The molecule has 0 heterocycles. The molecule has 0 bridgehead atoms. The third-order valence-electron chi connectivity index (χ3n) is 17.3. The highest BCUT2D eigenvalue weighted by atomic mass is 79.9. The maximum atomic E-state index is 8.94. The van der Waals surface area contributed by atoms with Crippen molar-refractivity contribution in [3.8, 4) is 22.3 Å². The first-order chi connectivity index (χ1) is 42.7. The molecular weight excluding hydrogens is 1210 g/mol. The van der Waals surface area contributed by atoms with Crippen molar-refractivity contribution in [3.63, 3.8) is 0 Å². The SMILES string of the molecule is CC(C)(C)c1ccc2c(-c3ccc4ccccc4c3)c3ccccc3c(-c3ccc4ccccc4c3)c2c1.CC(C)(C)c1ccc2cc3ccccc3cc2c1.OB(O)c1ccc2ccccc2c1.[CH2+]C(C)(C)c1ccc2c(Br)c3ccccc3c(Br)c2c1. The second-order valence-electron chi connectivity index (χ2n) is 26.2. The maximum absolute atomic E-state index is 8.94. The van der Waals surface area contributed by atoms with Crippen LogP contribution in [-0.2, 0) is 16.2 Å². The molecule has 0 aliphatic heterocycles. The fourth-order valence-corrected chi connectivity index (χ4v) is 13.6. The summed E-state index contributed by atoms with van der Waals surface area (Å²) < 4.78 is 2.30. The molecule has 2 nitrogen and oxygen atoms in total. The van der Waals surface area contributed by atoms with E-state index in [1.165, 1.54) is 125 Å². The molecular formula is C84H72BBr2O2+. The highest BCUT2D eigenvalue weighted by molar-refractivity contribution is 9.11. The molecule has 0 aliphatic rings. The Balaban J connectivity index is 0.000000127. The molecule has 0 fully saturated rings. The topological polar surface area (TPSA) is 40.5 Å². The van der Waals surface area contributed by atoms with Crippen molar-refractivity contribution in [2.75, 3.05) is 0 Å². The Bertz CT molecular complexity index is 5160. The van der Waals surface area contributed by atoms with Gasteiger partial charge in [-0.1, -0.05) is 272 Å². The van der Waals surface area contributed by atoms with Crippen LogP contribution < -0.4 is 5.46 Å². The van der Waals surface area contributed by atoms with Gasteiger partial charge in [0.05, 0.1) is 6.92 Å². The molecule has 15 rings (SSSR count). The second-order valence-corrected chi connectivity index (χ2v) is 27.8. The Labute approximate surface area is 540 Å². The first-order valence-electron chi connectivity index (χ1n) is 30.6. The number of rotatable bonds is 4. The summed E-state index contributed by atoms with van der Waals surface area (Å²) in [7, 11) is -1.38. The van der Waals surface area contributed by atoms with Gasteiger partial charge in [0.15, 0.2) is 0 Å². The average Bonchev–Trinajstić information content (AvgIpc) is 1.00. The second kappa shape index (κ2) is 24.8. The number of fused-ring (bicyclic) bond motifs is 9. The molecule has 0 amide bonds. The lowest BCUT2D eigenvalue weighted by molar-refractivity contribution is 0.426. The molecule has 0 atom stereocenters. The first-order valence-corrected chi connectivity index (χ1v) is 32.2. The molecule has 0 radical (unpaired) electrons. The normalized spacial score (nSPS) is 11.9. The van der Waals surface area contributed by atoms with Gasteiger partial charge < -0.3 is 10.0 Å². The maximum Gasteiger partial charge on any atom is 0.488 e. The van der Waals surface area contributed by atoms with Gasteiger partial charge in [-0.15, -0.1) is 0 Å². The minimum absolute atomic E-state index is 0.0591. The lowest BCUT2D eigenvalue weighted by Crippen LogP contribution is -2.29. The van der Waals surface area contributed by atoms with E-state index in [-0.39, 0.29) is 16.2 Å². The molecule has 2 N–H and O–H groups in total. The van der Waals surface area contributed by atoms with Crippen LogP contribution in [0, 0.1) is 6.92 Å². The molecule has 0 aliphatic carbocycles. The van der Waals surface area contributed by atoms with Crippen LogP contribution in [-0.4, -0.2) is 17.2 Å². The van der Waals surface area contributed by atoms with Crippen LogP contribution in [0.2, 0.25) is 0 Å². The molecule has 0 saturated carbocycles. The summed E-state index contributed by atoms with van der Waals surface area (Å²) in [5, 5.41) is 40.5. The molecule has 0 spiro atoms. The minimum Gasteiger partial charge on any atom is -0.423 e. The van der Waals surface area contributed by atoms with E-state index < -0.39 is 7.12 Å². The summed E-state index contributed by atoms with van der Waals surface area (Å²) in [6.07, 6.45) is 0. The lowest BCUT2D eigenvalue weighted by atomic mass is 9.79. The summed E-state index contributed by atoms with van der Waals surface area (Å²) in [6.45, 7) is 22.2. The number of hydrogen-bond donors (Lipinski definition) is 2. The van der Waals surface area contributed by atoms with Gasteiger partial charge in [0, 0.05) is 14.5 Å². The van der Waals surface area contributed by atoms with E-state index in [9.17, 15) is 0 Å². The van der Waals surface area contributed by atoms with E-state index in [1.54, 1.807) is 12.1 Å². The molecule has 89 heavy (non-hydrogen) atoms. The highest BCUT2D eigenvalue weighted by Crippen LogP contribution is 2.46. The van der Waals surface area contributed by atoms with Crippen molar-refractivity contribution in [1.29, 1.82) is 0 Å². The Morgan fingerprint density at radius 1 is 0.281 bits per heavy atom. The summed E-state index contributed by atoms with van der Waals surface area (Å²) in [4.78, 5) is 0. The van der Waals surface area contributed by atoms with Gasteiger partial charge in [0.2, 0.25) is 0 Å². The fourth-order valence-electron chi connectivity index (χ4n) is 12.2. The molecule has 5 heteroatoms. The Hall–Kier alpha value is -8.55. The van der Waals surface area contributed by atoms with Crippen molar-refractivity contribution in [3.05, 3.63) is 299 Å². The highest BCUT2D eigenvalue weighted by Gasteiger charge is 2.24. The Morgan fingerprint density at radius 2 is 0.607 bits per heavy atom. The van der Waals surface area contributed by atoms with Crippen molar-refractivity contribution in [2.45, 2.75) is 71.6 Å². The third kappa shape index (κ3) is 12.7. The van der Waals surface area contributed by atoms with Crippen LogP contribution in [0.1, 0.15) is 72.1 Å². The van der Waals surface area contributed by atoms with Gasteiger partial charge in [0.1, 0.15) is 5.41 Å². The standard InChI is InChI=1S/C38H30.C18H15Br2.C18H18.C10H9BO2/c1-38(2,3)31-20-21-34-35(24-31)37(30-19-17-26-11-5-7-13-28(26)23-30)33-15-9-8-14-32(33)36(34)29-18-16-25-10-4-6-12-27(25)22-29;1-18(2,3)11-8-9-14-15(10-11)17(20)13-7-5-4-6-12(13)16(14)19;1-18(2,3)17-9-8-15-10-13-6-4-5-7-14(13)11-16(15)12-17;12-11(13)10-6-5-8-3-1-2-4-9(8)7-10/h4-24H,1-3H3;4-10H,1H2,2-3H3;4-12H,1-3H3;1-7,12-13H/q;+1;;. The van der Waals surface area contributed by atoms with Crippen LogP contribution in [0.4, 0.5) is 0 Å². The minimum atomic E-state index is -1.38. The van der Waals surface area contributed by atoms with Gasteiger partial charge in [-0.2, -0.15) is 0 Å². The summed E-state index contributed by atoms with van der Waals surface area (Å²) in [5.41, 5.74) is 9.85. The van der Waals surface area contributed by atoms with Crippen molar-refractivity contribution >= 4 is 141 Å². The number of hydrogen-bond acceptors (Lipinski definition) is 2. The Morgan fingerprint density at radius 3 is 1.10 bits per heavy atom. The molecule has 436 valence electrons. The predicted molar refractivity (Wildman–Crippen MR) is 395 cm³/mol. The molecule has 0 unspecified atom stereocenters. The van der Waals surface area contributed by atoms with Gasteiger partial charge in [-0.25, -0.2) is 0 Å². The zero-order valence-corrected chi connectivity index (χ0v) is 55.0. The van der Waals surface area contributed by atoms with Crippen LogP contribution >= 0.6 is 31.9 Å². The monoisotopic (exact) mass is 1280 g/mol. The van der Waals surface area contributed by atoms with Gasteiger partial charge in [-0.05, 0) is 229 Å². The summed E-state index contributed by atoms with van der Waals surface area (Å²) in [6, 6.07) is 95.3. The third-order valence-corrected chi connectivity index (χ3v) is 19.0. The smallest absolute Gasteiger partial charge is 0.423 e. The molecule has 0 saturated heterocycles. The van der Waals surface area contributed by atoms with E-state index >= 15 is 0 Å². The summed E-state index contributed by atoms with van der Waals surface area (Å²) >= 11 is 7.53. The largest absolute Gasteiger partial charge is 0.488 e. The molecule has 15 aromatic carbocycles. The molecule has 0 aromatic heterocycles. The van der Waals surface area contributed by atoms with Crippen LogP contribution in [0.3, 0.4) is 0 Å².